The van der Waals surface area contributed by atoms with Crippen molar-refractivity contribution in [2.45, 2.75) is 12.8 Å². The van der Waals surface area contributed by atoms with Gasteiger partial charge in [0.25, 0.3) is 0 Å². The SMILES string of the molecule is O=C(CCC(=O)c1ccc(Br)cc1)Nc1ccc(Cl)cc1. The van der Waals surface area contributed by atoms with Crippen molar-refractivity contribution in [2.75, 3.05) is 5.32 Å². The number of nitrogens with one attached hydrogen (secondary N) is 1. The first-order valence-corrected chi connectivity index (χ1v) is 7.56. The topological polar surface area (TPSA) is 46.2 Å². The monoisotopic (exact) mass is 365 g/mol. The first-order chi connectivity index (χ1) is 10.0. The van der Waals surface area contributed by atoms with Gasteiger partial charge >= 0.3 is 0 Å². The van der Waals surface area contributed by atoms with E-state index < -0.39 is 0 Å². The number of anilines is 1. The van der Waals surface area contributed by atoms with Crippen LogP contribution in [0.25, 0.3) is 0 Å². The van der Waals surface area contributed by atoms with E-state index in [-0.39, 0.29) is 24.5 Å². The van der Waals surface area contributed by atoms with E-state index in [1.807, 2.05) is 0 Å². The van der Waals surface area contributed by atoms with Crippen molar-refractivity contribution in [3.63, 3.8) is 0 Å². The fourth-order valence-corrected chi connectivity index (χ4v) is 2.15. The van der Waals surface area contributed by atoms with Crippen LogP contribution in [0.15, 0.2) is 53.0 Å². The van der Waals surface area contributed by atoms with Crippen LogP contribution in [0.5, 0.6) is 0 Å². The summed E-state index contributed by atoms with van der Waals surface area (Å²) in [6.45, 7) is 0. The summed E-state index contributed by atoms with van der Waals surface area (Å²) >= 11 is 9.08. The molecule has 0 aliphatic carbocycles. The molecule has 0 aliphatic rings. The second-order valence-corrected chi connectivity index (χ2v) is 5.84. The van der Waals surface area contributed by atoms with Crippen molar-refractivity contribution in [3.8, 4) is 0 Å². The van der Waals surface area contributed by atoms with Gasteiger partial charge in [0, 0.05) is 33.6 Å². The highest BCUT2D eigenvalue weighted by Crippen LogP contribution is 2.15. The molecular formula is C16H13BrClNO2. The number of Topliss-reactive ketones (excluding diaryl/α,β-unsaturated/α-hetero) is 1. The van der Waals surface area contributed by atoms with E-state index in [0.717, 1.165) is 4.47 Å². The van der Waals surface area contributed by atoms with Gasteiger partial charge < -0.3 is 5.32 Å². The number of halogens is 2. The third-order valence-corrected chi connectivity index (χ3v) is 3.65. The summed E-state index contributed by atoms with van der Waals surface area (Å²) in [5.74, 6) is -0.239. The van der Waals surface area contributed by atoms with Crippen LogP contribution in [0.2, 0.25) is 5.02 Å². The third kappa shape index (κ3) is 4.99. The van der Waals surface area contributed by atoms with Gasteiger partial charge in [0.2, 0.25) is 5.91 Å². The second-order valence-electron chi connectivity index (χ2n) is 4.49. The quantitative estimate of drug-likeness (QED) is 0.779. The van der Waals surface area contributed by atoms with Gasteiger partial charge in [-0.2, -0.15) is 0 Å². The first-order valence-electron chi connectivity index (χ1n) is 6.39. The van der Waals surface area contributed by atoms with Crippen LogP contribution in [0.4, 0.5) is 5.69 Å². The van der Waals surface area contributed by atoms with Crippen molar-refractivity contribution in [2.24, 2.45) is 0 Å². The van der Waals surface area contributed by atoms with E-state index in [1.54, 1.807) is 48.5 Å². The lowest BCUT2D eigenvalue weighted by Gasteiger charge is -2.05. The Kier molecular flexibility index (Phi) is 5.53. The molecule has 3 nitrogen and oxygen atoms in total. The fourth-order valence-electron chi connectivity index (χ4n) is 1.76. The number of carbonyl (C=O) groups is 2. The van der Waals surface area contributed by atoms with E-state index in [4.69, 9.17) is 11.6 Å². The maximum atomic E-state index is 11.9. The van der Waals surface area contributed by atoms with E-state index in [1.165, 1.54) is 0 Å². The predicted octanol–water partition coefficient (Wildman–Crippen LogP) is 4.70. The summed E-state index contributed by atoms with van der Waals surface area (Å²) in [5, 5.41) is 3.34. The molecule has 0 heterocycles. The molecule has 0 spiro atoms. The fraction of sp³-hybridized carbons (Fsp3) is 0.125. The Labute approximate surface area is 136 Å². The summed E-state index contributed by atoms with van der Waals surface area (Å²) in [6.07, 6.45) is 0.332. The lowest BCUT2D eigenvalue weighted by molar-refractivity contribution is -0.116. The van der Waals surface area contributed by atoms with Crippen LogP contribution in [0.1, 0.15) is 23.2 Å². The standard InChI is InChI=1S/C16H13BrClNO2/c17-12-3-1-11(2-4-12)15(20)9-10-16(21)19-14-7-5-13(18)6-8-14/h1-8H,9-10H2,(H,19,21). The Morgan fingerprint density at radius 1 is 0.952 bits per heavy atom. The molecule has 21 heavy (non-hydrogen) atoms. The summed E-state index contributed by atoms with van der Waals surface area (Å²) in [4.78, 5) is 23.7. The molecule has 0 radical (unpaired) electrons. The van der Waals surface area contributed by atoms with Gasteiger partial charge in [-0.15, -0.1) is 0 Å². The molecular weight excluding hydrogens is 354 g/mol. The van der Waals surface area contributed by atoms with Crippen LogP contribution in [-0.2, 0) is 4.79 Å². The van der Waals surface area contributed by atoms with Crippen molar-refractivity contribution in [3.05, 3.63) is 63.6 Å². The molecule has 0 fully saturated rings. The second kappa shape index (κ2) is 7.38. The van der Waals surface area contributed by atoms with Gasteiger partial charge in [-0.1, -0.05) is 39.7 Å². The van der Waals surface area contributed by atoms with Gasteiger partial charge in [0.1, 0.15) is 0 Å². The highest BCUT2D eigenvalue weighted by Gasteiger charge is 2.09. The zero-order valence-electron chi connectivity index (χ0n) is 11.1. The minimum Gasteiger partial charge on any atom is -0.326 e. The van der Waals surface area contributed by atoms with Gasteiger partial charge in [-0.05, 0) is 36.4 Å². The lowest BCUT2D eigenvalue weighted by Crippen LogP contribution is -2.13. The molecule has 0 saturated carbocycles. The number of benzene rings is 2. The predicted molar refractivity (Wildman–Crippen MR) is 87.8 cm³/mol. The van der Waals surface area contributed by atoms with Crippen LogP contribution in [0, 0.1) is 0 Å². The number of carbonyl (C=O) groups excluding carboxylic acids is 2. The molecule has 5 heteroatoms. The first kappa shape index (κ1) is 15.7. The molecule has 0 atom stereocenters. The lowest BCUT2D eigenvalue weighted by atomic mass is 10.1. The average Bonchev–Trinajstić information content (AvgIpc) is 2.48. The summed E-state index contributed by atoms with van der Waals surface area (Å²) < 4.78 is 0.916. The van der Waals surface area contributed by atoms with Gasteiger partial charge in [0.15, 0.2) is 5.78 Å². The van der Waals surface area contributed by atoms with Crippen molar-refractivity contribution < 1.29 is 9.59 Å². The highest BCUT2D eigenvalue weighted by molar-refractivity contribution is 9.10. The van der Waals surface area contributed by atoms with Crippen LogP contribution >= 0.6 is 27.5 Å². The van der Waals surface area contributed by atoms with E-state index in [9.17, 15) is 9.59 Å². The Morgan fingerprint density at radius 2 is 1.57 bits per heavy atom. The van der Waals surface area contributed by atoms with Crippen molar-refractivity contribution in [1.82, 2.24) is 0 Å². The molecule has 2 aromatic rings. The summed E-state index contributed by atoms with van der Waals surface area (Å²) in [6, 6.07) is 13.9. The van der Waals surface area contributed by atoms with Gasteiger partial charge in [-0.3, -0.25) is 9.59 Å². The number of rotatable bonds is 5. The molecule has 0 saturated heterocycles. The molecule has 0 aliphatic heterocycles. The Hall–Kier alpha value is -1.65. The largest absolute Gasteiger partial charge is 0.326 e. The molecule has 0 bridgehead atoms. The Morgan fingerprint density at radius 3 is 2.19 bits per heavy atom. The van der Waals surface area contributed by atoms with E-state index in [0.29, 0.717) is 16.3 Å². The molecule has 2 rings (SSSR count). The zero-order valence-corrected chi connectivity index (χ0v) is 13.4. The molecule has 1 amide bonds. The number of amides is 1. The summed E-state index contributed by atoms with van der Waals surface area (Å²) in [7, 11) is 0. The van der Waals surface area contributed by atoms with E-state index >= 15 is 0 Å². The Bertz CT molecular complexity index is 638. The molecule has 0 aromatic heterocycles. The van der Waals surface area contributed by atoms with Crippen LogP contribution < -0.4 is 5.32 Å². The smallest absolute Gasteiger partial charge is 0.224 e. The normalized spacial score (nSPS) is 10.2. The Balaban J connectivity index is 1.84. The molecule has 1 N–H and O–H groups in total. The number of hydrogen-bond acceptors (Lipinski definition) is 2. The van der Waals surface area contributed by atoms with Gasteiger partial charge in [-0.25, -0.2) is 0 Å². The molecule has 108 valence electrons. The number of ketones is 1. The van der Waals surface area contributed by atoms with Gasteiger partial charge in [0.05, 0.1) is 0 Å². The van der Waals surface area contributed by atoms with Crippen molar-refractivity contribution >= 4 is 44.9 Å². The third-order valence-electron chi connectivity index (χ3n) is 2.87. The molecule has 0 unspecified atom stereocenters. The van der Waals surface area contributed by atoms with E-state index in [2.05, 4.69) is 21.2 Å². The van der Waals surface area contributed by atoms with Crippen LogP contribution in [0.3, 0.4) is 0 Å². The minimum atomic E-state index is -0.192. The maximum Gasteiger partial charge on any atom is 0.224 e. The maximum absolute atomic E-state index is 11.9. The average molecular weight is 367 g/mol. The zero-order chi connectivity index (χ0) is 15.2. The highest BCUT2D eigenvalue weighted by atomic mass is 79.9. The summed E-state index contributed by atoms with van der Waals surface area (Å²) in [5.41, 5.74) is 1.28. The van der Waals surface area contributed by atoms with Crippen molar-refractivity contribution in [1.29, 1.82) is 0 Å². The minimum absolute atomic E-state index is 0.0474. The molecule has 2 aromatic carbocycles. The number of hydrogen-bond donors (Lipinski definition) is 1. The van der Waals surface area contributed by atoms with Crippen LogP contribution in [-0.4, -0.2) is 11.7 Å².